The summed E-state index contributed by atoms with van der Waals surface area (Å²) in [6.07, 6.45) is 6.26. The molecule has 2 saturated carbocycles. The Balaban J connectivity index is 1.97. The van der Waals surface area contributed by atoms with Gasteiger partial charge in [0.25, 0.3) is 0 Å². The lowest BCUT2D eigenvalue weighted by Crippen LogP contribution is -2.46. The van der Waals surface area contributed by atoms with Crippen LogP contribution in [-0.4, -0.2) is 11.9 Å². The molecule has 17 heavy (non-hydrogen) atoms. The van der Waals surface area contributed by atoms with Crippen molar-refractivity contribution < 1.29 is 4.79 Å². The van der Waals surface area contributed by atoms with E-state index in [-0.39, 0.29) is 5.91 Å². The molecule has 0 saturated heterocycles. The van der Waals surface area contributed by atoms with Gasteiger partial charge >= 0.3 is 0 Å². The van der Waals surface area contributed by atoms with E-state index in [1.807, 2.05) is 0 Å². The van der Waals surface area contributed by atoms with Gasteiger partial charge in [0, 0.05) is 6.04 Å². The van der Waals surface area contributed by atoms with Crippen molar-refractivity contribution in [2.45, 2.75) is 58.4 Å². The largest absolute Gasteiger partial charge is 0.352 e. The molecule has 0 aromatic carbocycles. The molecule has 0 radical (unpaired) electrons. The summed E-state index contributed by atoms with van der Waals surface area (Å²) in [6.45, 7) is 4.46. The van der Waals surface area contributed by atoms with Crippen LogP contribution in [0.1, 0.15) is 52.4 Å². The zero-order valence-electron chi connectivity index (χ0n) is 10.8. The molecule has 1 N–H and O–H groups in total. The van der Waals surface area contributed by atoms with Crippen LogP contribution in [0.25, 0.3) is 0 Å². The Labute approximate surface area is 104 Å². The number of carbonyl (C=O) groups excluding carboxylic acids is 1. The zero-order chi connectivity index (χ0) is 12.5. The molecule has 0 aliphatic heterocycles. The van der Waals surface area contributed by atoms with E-state index in [1.165, 1.54) is 19.3 Å². The van der Waals surface area contributed by atoms with Gasteiger partial charge in [-0.2, -0.15) is 5.26 Å². The van der Waals surface area contributed by atoms with Gasteiger partial charge in [-0.15, -0.1) is 0 Å². The van der Waals surface area contributed by atoms with Crippen LogP contribution in [0.3, 0.4) is 0 Å². The second-order valence-electron chi connectivity index (χ2n) is 5.97. The number of rotatable bonds is 3. The molecule has 0 bridgehead atoms. The summed E-state index contributed by atoms with van der Waals surface area (Å²) in [5.41, 5.74) is -0.668. The molecule has 1 amide bonds. The first-order chi connectivity index (χ1) is 8.09. The Hall–Kier alpha value is -1.04. The number of hydrogen-bond donors (Lipinski definition) is 1. The highest BCUT2D eigenvalue weighted by molar-refractivity contribution is 5.88. The van der Waals surface area contributed by atoms with E-state index in [1.54, 1.807) is 0 Å². The normalized spacial score (nSPS) is 30.7. The number of hydrogen-bond acceptors (Lipinski definition) is 2. The van der Waals surface area contributed by atoms with Crippen LogP contribution in [0.2, 0.25) is 0 Å². The lowest BCUT2D eigenvalue weighted by atomic mass is 9.77. The quantitative estimate of drug-likeness (QED) is 0.816. The van der Waals surface area contributed by atoms with Crippen LogP contribution in [0.4, 0.5) is 0 Å². The predicted molar refractivity (Wildman–Crippen MR) is 66.0 cm³/mol. The van der Waals surface area contributed by atoms with Crippen LogP contribution in [0, 0.1) is 28.6 Å². The number of nitriles is 1. The van der Waals surface area contributed by atoms with Crippen molar-refractivity contribution in [3.8, 4) is 6.07 Å². The molecule has 0 aromatic heterocycles. The highest BCUT2D eigenvalue weighted by atomic mass is 16.2. The third kappa shape index (κ3) is 2.46. The first-order valence-electron chi connectivity index (χ1n) is 6.81. The SMILES string of the molecule is CC(C)C1CCCCC1NC(=O)C1(C#N)CC1. The molecule has 2 aliphatic carbocycles. The standard InChI is InChI=1S/C14H22N2O/c1-10(2)11-5-3-4-6-12(11)16-13(17)14(9-15)7-8-14/h10-12H,3-8H2,1-2H3,(H,16,17). The molecule has 3 nitrogen and oxygen atoms in total. The predicted octanol–water partition coefficient (Wildman–Crippen LogP) is 2.62. The van der Waals surface area contributed by atoms with E-state index in [4.69, 9.17) is 5.26 Å². The fourth-order valence-electron chi connectivity index (χ4n) is 2.96. The van der Waals surface area contributed by atoms with Gasteiger partial charge < -0.3 is 5.32 Å². The molecule has 0 heterocycles. The summed E-state index contributed by atoms with van der Waals surface area (Å²) in [4.78, 5) is 12.1. The monoisotopic (exact) mass is 234 g/mol. The van der Waals surface area contributed by atoms with Gasteiger partial charge in [0.2, 0.25) is 5.91 Å². The molecule has 3 heteroatoms. The van der Waals surface area contributed by atoms with Gasteiger partial charge in [0.05, 0.1) is 6.07 Å². The topological polar surface area (TPSA) is 52.9 Å². The molecule has 94 valence electrons. The van der Waals surface area contributed by atoms with Crippen molar-refractivity contribution in [1.82, 2.24) is 5.32 Å². The fraction of sp³-hybridized carbons (Fsp3) is 0.857. The zero-order valence-corrected chi connectivity index (χ0v) is 10.8. The summed E-state index contributed by atoms with van der Waals surface area (Å²) < 4.78 is 0. The highest BCUT2D eigenvalue weighted by Gasteiger charge is 2.51. The number of nitrogens with zero attached hydrogens (tertiary/aromatic N) is 1. The van der Waals surface area contributed by atoms with Gasteiger partial charge in [-0.3, -0.25) is 4.79 Å². The molecule has 0 spiro atoms. The minimum atomic E-state index is -0.668. The highest BCUT2D eigenvalue weighted by Crippen LogP contribution is 2.45. The number of nitrogens with one attached hydrogen (secondary N) is 1. The van der Waals surface area contributed by atoms with Gasteiger partial charge in [0.1, 0.15) is 5.41 Å². The van der Waals surface area contributed by atoms with E-state index in [0.29, 0.717) is 17.9 Å². The minimum Gasteiger partial charge on any atom is -0.352 e. The summed E-state index contributed by atoms with van der Waals surface area (Å²) in [5, 5.41) is 12.2. The molecule has 2 rings (SSSR count). The molecule has 0 aromatic rings. The van der Waals surface area contributed by atoms with Crippen LogP contribution in [-0.2, 0) is 4.79 Å². The van der Waals surface area contributed by atoms with E-state index >= 15 is 0 Å². The third-order valence-electron chi connectivity index (χ3n) is 4.39. The van der Waals surface area contributed by atoms with Crippen molar-refractivity contribution >= 4 is 5.91 Å². The van der Waals surface area contributed by atoms with E-state index in [9.17, 15) is 4.79 Å². The summed E-state index contributed by atoms with van der Waals surface area (Å²) >= 11 is 0. The lowest BCUT2D eigenvalue weighted by molar-refractivity contribution is -0.126. The van der Waals surface area contributed by atoms with Gasteiger partial charge in [0.15, 0.2) is 0 Å². The maximum absolute atomic E-state index is 12.1. The Morgan fingerprint density at radius 2 is 2.00 bits per heavy atom. The Morgan fingerprint density at radius 3 is 2.53 bits per heavy atom. The fourth-order valence-corrected chi connectivity index (χ4v) is 2.96. The lowest BCUT2D eigenvalue weighted by Gasteiger charge is -2.35. The van der Waals surface area contributed by atoms with E-state index < -0.39 is 5.41 Å². The van der Waals surface area contributed by atoms with Gasteiger partial charge in [-0.05, 0) is 37.5 Å². The number of amides is 1. The smallest absolute Gasteiger partial charge is 0.240 e. The molecule has 2 atom stereocenters. The minimum absolute atomic E-state index is 0.0162. The Kier molecular flexibility index (Phi) is 3.42. The second-order valence-corrected chi connectivity index (χ2v) is 5.97. The summed E-state index contributed by atoms with van der Waals surface area (Å²) in [7, 11) is 0. The van der Waals surface area contributed by atoms with E-state index in [2.05, 4.69) is 25.2 Å². The third-order valence-corrected chi connectivity index (χ3v) is 4.39. The Morgan fingerprint density at radius 1 is 1.35 bits per heavy atom. The van der Waals surface area contributed by atoms with Crippen LogP contribution in [0.15, 0.2) is 0 Å². The first-order valence-corrected chi connectivity index (χ1v) is 6.81. The number of carbonyl (C=O) groups is 1. The van der Waals surface area contributed by atoms with Crippen molar-refractivity contribution in [1.29, 1.82) is 5.26 Å². The Bertz CT molecular complexity index is 339. The molecular weight excluding hydrogens is 212 g/mol. The molecule has 2 unspecified atom stereocenters. The summed E-state index contributed by atoms with van der Waals surface area (Å²) in [5.74, 6) is 1.18. The molecular formula is C14H22N2O. The molecule has 2 fully saturated rings. The maximum atomic E-state index is 12.1. The maximum Gasteiger partial charge on any atom is 0.240 e. The average Bonchev–Trinajstić information content (AvgIpc) is 3.10. The van der Waals surface area contributed by atoms with Gasteiger partial charge in [-0.25, -0.2) is 0 Å². The summed E-state index contributed by atoms with van der Waals surface area (Å²) in [6, 6.07) is 2.47. The van der Waals surface area contributed by atoms with E-state index in [0.717, 1.165) is 19.3 Å². The van der Waals surface area contributed by atoms with Crippen LogP contribution >= 0.6 is 0 Å². The second kappa shape index (κ2) is 4.68. The van der Waals surface area contributed by atoms with Crippen molar-refractivity contribution in [3.63, 3.8) is 0 Å². The van der Waals surface area contributed by atoms with Crippen molar-refractivity contribution in [3.05, 3.63) is 0 Å². The van der Waals surface area contributed by atoms with Crippen molar-refractivity contribution in [2.24, 2.45) is 17.3 Å². The van der Waals surface area contributed by atoms with Crippen LogP contribution < -0.4 is 5.32 Å². The average molecular weight is 234 g/mol. The van der Waals surface area contributed by atoms with Crippen LogP contribution in [0.5, 0.6) is 0 Å². The van der Waals surface area contributed by atoms with Crippen molar-refractivity contribution in [2.75, 3.05) is 0 Å². The first kappa shape index (κ1) is 12.4. The molecule has 2 aliphatic rings. The van der Waals surface area contributed by atoms with Gasteiger partial charge in [-0.1, -0.05) is 26.7 Å².